The lowest BCUT2D eigenvalue weighted by Crippen LogP contribution is -2.43. The van der Waals surface area contributed by atoms with Crippen LogP contribution in [0.4, 0.5) is 0 Å². The molecule has 2 fully saturated rings. The van der Waals surface area contributed by atoms with Crippen LogP contribution < -0.4 is 5.69 Å². The zero-order valence-electron chi connectivity index (χ0n) is 21.6. The summed E-state index contributed by atoms with van der Waals surface area (Å²) in [6.07, 6.45) is 10.1. The van der Waals surface area contributed by atoms with Gasteiger partial charge in [0.1, 0.15) is 0 Å². The molecule has 194 valence electrons. The van der Waals surface area contributed by atoms with Crippen molar-refractivity contribution in [2.45, 2.75) is 51.2 Å². The number of aliphatic hydroxyl groups excluding tert-OH is 1. The Labute approximate surface area is 217 Å². The maximum Gasteiger partial charge on any atom is 0.329 e. The van der Waals surface area contributed by atoms with Gasteiger partial charge >= 0.3 is 5.69 Å². The summed E-state index contributed by atoms with van der Waals surface area (Å²) in [6, 6.07) is 9.00. The van der Waals surface area contributed by atoms with E-state index >= 15 is 0 Å². The number of pyridine rings is 2. The molecule has 0 amide bonds. The van der Waals surface area contributed by atoms with Gasteiger partial charge in [0.05, 0.1) is 29.5 Å². The Morgan fingerprint density at radius 3 is 2.62 bits per heavy atom. The number of piperazine rings is 1. The summed E-state index contributed by atoms with van der Waals surface area (Å²) in [5.74, 6) is 0. The van der Waals surface area contributed by atoms with Crippen molar-refractivity contribution in [1.29, 1.82) is 0 Å². The molecular formula is C29H36N6O2. The molecule has 0 unspecified atom stereocenters. The maximum atomic E-state index is 13.5. The molecule has 0 bridgehead atoms. The SMILES string of the molecule is CN1CCN(Cc2ccc3c(CCCCO)c(Cn4c(=O)n(C5CC5)c5ccncc54)ncc3c2)CC1. The second-order valence-corrected chi connectivity index (χ2v) is 10.7. The normalized spacial score (nSPS) is 17.2. The van der Waals surface area contributed by atoms with Crippen molar-refractivity contribution in [2.75, 3.05) is 39.8 Å². The third-order valence-electron chi connectivity index (χ3n) is 7.97. The summed E-state index contributed by atoms with van der Waals surface area (Å²) >= 11 is 0. The number of aliphatic hydroxyl groups is 1. The van der Waals surface area contributed by atoms with Gasteiger partial charge < -0.3 is 10.0 Å². The summed E-state index contributed by atoms with van der Waals surface area (Å²) in [5, 5.41) is 11.7. The summed E-state index contributed by atoms with van der Waals surface area (Å²) in [5.41, 5.74) is 5.26. The molecule has 37 heavy (non-hydrogen) atoms. The zero-order chi connectivity index (χ0) is 25.4. The number of fused-ring (bicyclic) bond motifs is 2. The Hall–Kier alpha value is -3.07. The number of imidazole rings is 1. The minimum absolute atomic E-state index is 0.0243. The van der Waals surface area contributed by atoms with Crippen LogP contribution in [0.5, 0.6) is 0 Å². The third-order valence-corrected chi connectivity index (χ3v) is 7.97. The minimum Gasteiger partial charge on any atom is -0.396 e. The highest BCUT2D eigenvalue weighted by Gasteiger charge is 2.29. The second kappa shape index (κ2) is 10.4. The Bertz CT molecular complexity index is 1460. The summed E-state index contributed by atoms with van der Waals surface area (Å²) in [4.78, 5) is 27.6. The first-order valence-corrected chi connectivity index (χ1v) is 13.6. The van der Waals surface area contributed by atoms with Crippen LogP contribution in [0.2, 0.25) is 0 Å². The number of unbranched alkanes of at least 4 members (excludes halogenated alkanes) is 1. The van der Waals surface area contributed by atoms with E-state index in [0.717, 1.165) is 86.9 Å². The smallest absolute Gasteiger partial charge is 0.329 e. The van der Waals surface area contributed by atoms with Crippen LogP contribution in [0.25, 0.3) is 21.8 Å². The number of aryl methyl sites for hydroxylation is 1. The van der Waals surface area contributed by atoms with Gasteiger partial charge in [0.15, 0.2) is 0 Å². The molecule has 0 atom stereocenters. The molecule has 8 nitrogen and oxygen atoms in total. The summed E-state index contributed by atoms with van der Waals surface area (Å²) < 4.78 is 3.78. The molecule has 1 saturated heterocycles. The van der Waals surface area contributed by atoms with Crippen LogP contribution in [-0.2, 0) is 19.5 Å². The van der Waals surface area contributed by atoms with Crippen LogP contribution in [0, 0.1) is 0 Å². The van der Waals surface area contributed by atoms with E-state index in [-0.39, 0.29) is 12.3 Å². The van der Waals surface area contributed by atoms with Crippen molar-refractivity contribution in [3.63, 3.8) is 0 Å². The fraction of sp³-hybridized carbons (Fsp3) is 0.483. The highest BCUT2D eigenvalue weighted by atomic mass is 16.2. The van der Waals surface area contributed by atoms with Gasteiger partial charge in [-0.05, 0) is 67.8 Å². The Morgan fingerprint density at radius 1 is 1.00 bits per heavy atom. The Morgan fingerprint density at radius 2 is 1.84 bits per heavy atom. The van der Waals surface area contributed by atoms with Crippen LogP contribution in [0.1, 0.15) is 48.5 Å². The van der Waals surface area contributed by atoms with E-state index < -0.39 is 0 Å². The average molecular weight is 501 g/mol. The second-order valence-electron chi connectivity index (χ2n) is 10.7. The van der Waals surface area contributed by atoms with E-state index in [1.807, 2.05) is 21.4 Å². The van der Waals surface area contributed by atoms with Crippen molar-refractivity contribution in [3.05, 3.63) is 70.2 Å². The van der Waals surface area contributed by atoms with E-state index in [1.54, 1.807) is 12.4 Å². The molecule has 0 spiro atoms. The van der Waals surface area contributed by atoms with Gasteiger partial charge in [-0.1, -0.05) is 12.1 Å². The van der Waals surface area contributed by atoms with Gasteiger partial charge in [0.25, 0.3) is 0 Å². The first kappa shape index (κ1) is 24.3. The van der Waals surface area contributed by atoms with Crippen molar-refractivity contribution in [2.24, 2.45) is 0 Å². The molecule has 6 rings (SSSR count). The molecular weight excluding hydrogens is 464 g/mol. The van der Waals surface area contributed by atoms with Crippen molar-refractivity contribution < 1.29 is 5.11 Å². The fourth-order valence-corrected chi connectivity index (χ4v) is 5.68. The number of likely N-dealkylation sites (N-methyl/N-ethyl adjacent to an activating group) is 1. The summed E-state index contributed by atoms with van der Waals surface area (Å²) in [7, 11) is 2.18. The van der Waals surface area contributed by atoms with Crippen molar-refractivity contribution >= 4 is 21.8 Å². The quantitative estimate of drug-likeness (QED) is 0.356. The molecule has 2 aliphatic rings. The van der Waals surface area contributed by atoms with Gasteiger partial charge in [-0.3, -0.25) is 24.0 Å². The molecule has 0 radical (unpaired) electrons. The predicted octanol–water partition coefficient (Wildman–Crippen LogP) is 3.19. The lowest BCUT2D eigenvalue weighted by molar-refractivity contribution is 0.148. The fourth-order valence-electron chi connectivity index (χ4n) is 5.68. The highest BCUT2D eigenvalue weighted by molar-refractivity contribution is 5.86. The first-order valence-electron chi connectivity index (χ1n) is 13.6. The van der Waals surface area contributed by atoms with E-state index in [9.17, 15) is 9.90 Å². The van der Waals surface area contributed by atoms with Crippen LogP contribution >= 0.6 is 0 Å². The number of rotatable bonds is 9. The maximum absolute atomic E-state index is 13.5. The molecule has 1 aliphatic carbocycles. The predicted molar refractivity (Wildman–Crippen MR) is 146 cm³/mol. The van der Waals surface area contributed by atoms with E-state index in [4.69, 9.17) is 4.98 Å². The number of hydrogen-bond acceptors (Lipinski definition) is 6. The lowest BCUT2D eigenvalue weighted by Gasteiger charge is -2.32. The Balaban J connectivity index is 1.35. The van der Waals surface area contributed by atoms with Crippen LogP contribution in [-0.4, -0.2) is 73.8 Å². The molecule has 1 saturated carbocycles. The molecule has 3 aromatic heterocycles. The van der Waals surface area contributed by atoms with Crippen LogP contribution in [0.3, 0.4) is 0 Å². The van der Waals surface area contributed by atoms with E-state index in [2.05, 4.69) is 40.0 Å². The Kier molecular flexibility index (Phi) is 6.80. The van der Waals surface area contributed by atoms with Gasteiger partial charge in [-0.15, -0.1) is 0 Å². The number of hydrogen-bond donors (Lipinski definition) is 1. The molecule has 1 aliphatic heterocycles. The van der Waals surface area contributed by atoms with Gasteiger partial charge in [0, 0.05) is 63.2 Å². The van der Waals surface area contributed by atoms with E-state index in [0.29, 0.717) is 12.6 Å². The summed E-state index contributed by atoms with van der Waals surface area (Å²) in [6.45, 7) is 5.97. The molecule has 1 N–H and O–H groups in total. The minimum atomic E-state index is 0.0243. The molecule has 8 heteroatoms. The van der Waals surface area contributed by atoms with E-state index in [1.165, 1.54) is 16.5 Å². The van der Waals surface area contributed by atoms with Gasteiger partial charge in [0.2, 0.25) is 0 Å². The monoisotopic (exact) mass is 500 g/mol. The lowest BCUT2D eigenvalue weighted by atomic mass is 9.97. The number of aromatic nitrogens is 4. The molecule has 4 heterocycles. The van der Waals surface area contributed by atoms with Crippen molar-refractivity contribution in [1.82, 2.24) is 28.9 Å². The zero-order valence-corrected chi connectivity index (χ0v) is 21.6. The highest BCUT2D eigenvalue weighted by Crippen LogP contribution is 2.36. The molecule has 1 aromatic carbocycles. The number of nitrogens with zero attached hydrogens (tertiary/aromatic N) is 6. The average Bonchev–Trinajstić information content (AvgIpc) is 3.71. The third kappa shape index (κ3) is 4.93. The van der Waals surface area contributed by atoms with Gasteiger partial charge in [-0.2, -0.15) is 0 Å². The van der Waals surface area contributed by atoms with Crippen LogP contribution in [0.15, 0.2) is 47.7 Å². The van der Waals surface area contributed by atoms with Crippen molar-refractivity contribution in [3.8, 4) is 0 Å². The standard InChI is InChI=1S/C29H36N6O2/c1-32-11-13-33(14-12-32)19-21-5-8-24-22(16-21)17-31-26(25(24)4-2-3-15-36)20-34-28-18-30-10-9-27(28)35(29(34)37)23-6-7-23/h5,8-10,16-18,23,36H,2-4,6-7,11-15,19-20H2,1H3. The topological polar surface area (TPSA) is 79.4 Å². The molecule has 4 aromatic rings. The van der Waals surface area contributed by atoms with Gasteiger partial charge in [-0.25, -0.2) is 4.79 Å². The first-order chi connectivity index (χ1) is 18.1. The largest absolute Gasteiger partial charge is 0.396 e. The number of benzene rings is 1.